The summed E-state index contributed by atoms with van der Waals surface area (Å²) in [5, 5.41) is 0. The second kappa shape index (κ2) is 9.44. The highest BCUT2D eigenvalue weighted by Gasteiger charge is 2.29. The van der Waals surface area contributed by atoms with Crippen LogP contribution >= 0.6 is 47.8 Å². The molecule has 0 saturated heterocycles. The standard InChI is InChI=1S/C14H13Br3O4/c1-2-3-4-7-10(18)20-8-5-6-9-11(15)12(13(16)17)21-14(9)19/h1H,3-8H2. The third kappa shape index (κ3) is 5.97. The molecule has 0 aliphatic carbocycles. The molecule has 0 N–H and O–H groups in total. The van der Waals surface area contributed by atoms with Crippen molar-refractivity contribution < 1.29 is 19.1 Å². The van der Waals surface area contributed by atoms with E-state index >= 15 is 0 Å². The zero-order valence-electron chi connectivity index (χ0n) is 11.1. The summed E-state index contributed by atoms with van der Waals surface area (Å²) < 4.78 is 11.3. The molecule has 0 aromatic rings. The monoisotopic (exact) mass is 482 g/mol. The lowest BCUT2D eigenvalue weighted by molar-refractivity contribution is -0.143. The molecule has 0 aromatic carbocycles. The van der Waals surface area contributed by atoms with Crippen LogP contribution in [0.3, 0.4) is 0 Å². The summed E-state index contributed by atoms with van der Waals surface area (Å²) in [6.07, 6.45) is 7.63. The summed E-state index contributed by atoms with van der Waals surface area (Å²) >= 11 is 9.72. The molecule has 0 atom stereocenters. The lowest BCUT2D eigenvalue weighted by atomic mass is 10.1. The van der Waals surface area contributed by atoms with Gasteiger partial charge in [-0.1, -0.05) is 0 Å². The molecule has 0 unspecified atom stereocenters. The highest BCUT2D eigenvalue weighted by molar-refractivity contribution is 9.28. The maximum Gasteiger partial charge on any atom is 0.340 e. The molecular formula is C14H13Br3O4. The Kier molecular flexibility index (Phi) is 8.30. The highest BCUT2D eigenvalue weighted by atomic mass is 79.9. The van der Waals surface area contributed by atoms with Crippen LogP contribution in [0.5, 0.6) is 0 Å². The average molecular weight is 485 g/mol. The molecule has 1 rings (SSSR count). The average Bonchev–Trinajstić information content (AvgIpc) is 2.71. The summed E-state index contributed by atoms with van der Waals surface area (Å²) in [6, 6.07) is 0. The molecule has 0 aromatic heterocycles. The summed E-state index contributed by atoms with van der Waals surface area (Å²) in [7, 11) is 0. The molecule has 0 radical (unpaired) electrons. The first-order valence-corrected chi connectivity index (χ1v) is 8.60. The second-order valence-corrected chi connectivity index (χ2v) is 7.60. The van der Waals surface area contributed by atoms with E-state index in [0.29, 0.717) is 51.3 Å². The Hall–Kier alpha value is -0.580. The fourth-order valence-electron chi connectivity index (χ4n) is 1.60. The molecule has 0 amide bonds. The van der Waals surface area contributed by atoms with Gasteiger partial charge in [0.15, 0.2) is 5.76 Å². The zero-order chi connectivity index (χ0) is 15.8. The SMILES string of the molecule is C#CCCCC(=O)OCCCC1=C(Br)C(=C(Br)Br)OC1=O. The van der Waals surface area contributed by atoms with Gasteiger partial charge in [0.25, 0.3) is 0 Å². The molecule has 1 heterocycles. The van der Waals surface area contributed by atoms with E-state index in [9.17, 15) is 9.59 Å². The van der Waals surface area contributed by atoms with Gasteiger partial charge < -0.3 is 9.47 Å². The van der Waals surface area contributed by atoms with Crippen LogP contribution in [-0.4, -0.2) is 18.5 Å². The van der Waals surface area contributed by atoms with Gasteiger partial charge >= 0.3 is 11.9 Å². The molecule has 0 bridgehead atoms. The Morgan fingerprint density at radius 2 is 2.05 bits per heavy atom. The van der Waals surface area contributed by atoms with E-state index in [2.05, 4.69) is 53.7 Å². The van der Waals surface area contributed by atoms with Gasteiger partial charge in [0.2, 0.25) is 0 Å². The number of rotatable bonds is 7. The molecule has 1 aliphatic rings. The van der Waals surface area contributed by atoms with Crippen molar-refractivity contribution in [3.05, 3.63) is 19.2 Å². The number of hydrogen-bond acceptors (Lipinski definition) is 4. The number of halogens is 3. The number of hydrogen-bond donors (Lipinski definition) is 0. The number of cyclic esters (lactones) is 1. The van der Waals surface area contributed by atoms with Crippen LogP contribution in [0.4, 0.5) is 0 Å². The number of allylic oxidation sites excluding steroid dienone is 1. The minimum absolute atomic E-state index is 0.264. The Morgan fingerprint density at radius 1 is 1.33 bits per heavy atom. The predicted molar refractivity (Wildman–Crippen MR) is 89.8 cm³/mol. The van der Waals surface area contributed by atoms with E-state index in [1.807, 2.05) is 0 Å². The zero-order valence-corrected chi connectivity index (χ0v) is 15.8. The molecule has 7 heteroatoms. The van der Waals surface area contributed by atoms with E-state index in [-0.39, 0.29) is 12.6 Å². The van der Waals surface area contributed by atoms with Gasteiger partial charge in [-0.15, -0.1) is 12.3 Å². The molecule has 0 fully saturated rings. The maximum absolute atomic E-state index is 11.7. The molecule has 4 nitrogen and oxygen atoms in total. The fourth-order valence-corrected chi connectivity index (χ4v) is 3.33. The Bertz CT molecular complexity index is 525. The van der Waals surface area contributed by atoms with Crippen LogP contribution in [0.15, 0.2) is 19.2 Å². The van der Waals surface area contributed by atoms with E-state index in [1.54, 1.807) is 0 Å². The molecule has 0 spiro atoms. The van der Waals surface area contributed by atoms with Crippen LogP contribution in [0.2, 0.25) is 0 Å². The van der Waals surface area contributed by atoms with Crippen molar-refractivity contribution in [3.63, 3.8) is 0 Å². The number of terminal acetylenes is 1. The van der Waals surface area contributed by atoms with E-state index in [1.165, 1.54) is 0 Å². The first-order chi connectivity index (χ1) is 9.97. The van der Waals surface area contributed by atoms with Crippen LogP contribution in [-0.2, 0) is 19.1 Å². The number of carbonyl (C=O) groups excluding carboxylic acids is 2. The Labute approximate surface area is 148 Å². The smallest absolute Gasteiger partial charge is 0.340 e. The van der Waals surface area contributed by atoms with Crippen molar-refractivity contribution in [2.75, 3.05) is 6.61 Å². The first-order valence-electron chi connectivity index (χ1n) is 6.23. The summed E-state index contributed by atoms with van der Waals surface area (Å²) in [6.45, 7) is 0.264. The van der Waals surface area contributed by atoms with Crippen LogP contribution < -0.4 is 0 Å². The topological polar surface area (TPSA) is 52.6 Å². The summed E-state index contributed by atoms with van der Waals surface area (Å²) in [5.74, 6) is 2.22. The normalized spacial score (nSPS) is 14.0. The minimum Gasteiger partial charge on any atom is -0.466 e. The molecule has 1 aliphatic heterocycles. The molecular weight excluding hydrogens is 472 g/mol. The molecule has 21 heavy (non-hydrogen) atoms. The quantitative estimate of drug-likeness (QED) is 0.307. The van der Waals surface area contributed by atoms with Crippen molar-refractivity contribution >= 4 is 59.7 Å². The number of ether oxygens (including phenoxy) is 2. The summed E-state index contributed by atoms with van der Waals surface area (Å²) in [4.78, 5) is 23.1. The van der Waals surface area contributed by atoms with Crippen molar-refractivity contribution in [2.24, 2.45) is 0 Å². The number of unbranched alkanes of at least 4 members (excludes halogenated alkanes) is 1. The van der Waals surface area contributed by atoms with Gasteiger partial charge in [0.05, 0.1) is 16.7 Å². The van der Waals surface area contributed by atoms with Crippen molar-refractivity contribution in [1.82, 2.24) is 0 Å². The third-order valence-corrected chi connectivity index (χ3v) is 4.17. The maximum atomic E-state index is 11.7. The number of carbonyl (C=O) groups is 2. The van der Waals surface area contributed by atoms with Gasteiger partial charge in [0, 0.05) is 12.8 Å². The lowest BCUT2D eigenvalue weighted by Crippen LogP contribution is -2.07. The predicted octanol–water partition coefficient (Wildman–Crippen LogP) is 4.28. The van der Waals surface area contributed by atoms with Crippen molar-refractivity contribution in [3.8, 4) is 12.3 Å². The van der Waals surface area contributed by atoms with Gasteiger partial charge in [-0.25, -0.2) is 4.79 Å². The van der Waals surface area contributed by atoms with Crippen molar-refractivity contribution in [2.45, 2.75) is 32.1 Å². The molecule has 114 valence electrons. The van der Waals surface area contributed by atoms with Gasteiger partial charge in [-0.05, 0) is 67.1 Å². The van der Waals surface area contributed by atoms with E-state index in [4.69, 9.17) is 15.9 Å². The Morgan fingerprint density at radius 3 is 2.62 bits per heavy atom. The highest BCUT2D eigenvalue weighted by Crippen LogP contribution is 2.38. The minimum atomic E-state index is -0.395. The second-order valence-electron chi connectivity index (χ2n) is 4.15. The van der Waals surface area contributed by atoms with Crippen LogP contribution in [0.25, 0.3) is 0 Å². The van der Waals surface area contributed by atoms with E-state index < -0.39 is 5.97 Å². The van der Waals surface area contributed by atoms with Gasteiger partial charge in [0.1, 0.15) is 3.39 Å². The van der Waals surface area contributed by atoms with Crippen LogP contribution in [0, 0.1) is 12.3 Å². The number of esters is 2. The summed E-state index contributed by atoms with van der Waals surface area (Å²) in [5.41, 5.74) is 0.532. The van der Waals surface area contributed by atoms with E-state index in [0.717, 1.165) is 0 Å². The van der Waals surface area contributed by atoms with Gasteiger partial charge in [-0.2, -0.15) is 0 Å². The van der Waals surface area contributed by atoms with Gasteiger partial charge in [-0.3, -0.25) is 4.79 Å². The molecule has 0 saturated carbocycles. The third-order valence-electron chi connectivity index (χ3n) is 2.61. The lowest BCUT2D eigenvalue weighted by Gasteiger charge is -2.04. The largest absolute Gasteiger partial charge is 0.466 e. The van der Waals surface area contributed by atoms with Crippen LogP contribution in [0.1, 0.15) is 32.1 Å². The first kappa shape index (κ1) is 18.5. The van der Waals surface area contributed by atoms with Crippen molar-refractivity contribution in [1.29, 1.82) is 0 Å². The fraction of sp³-hybridized carbons (Fsp3) is 0.429. The Balaban J connectivity index is 2.36.